The molecule has 58 heavy (non-hydrogen) atoms. The Labute approximate surface area is 337 Å². The number of fused-ring (bicyclic) bond motifs is 9. The minimum Gasteiger partial charge on any atom is -0.458 e. The maximum Gasteiger partial charge on any atom is 0.257 e. The number of benzene rings is 9. The Bertz CT molecular complexity index is 3180. The van der Waals surface area contributed by atoms with Crippen molar-refractivity contribution in [1.29, 1.82) is 0 Å². The molecule has 0 aliphatic carbocycles. The van der Waals surface area contributed by atoms with Crippen molar-refractivity contribution in [2.24, 2.45) is 0 Å². The first-order valence-electron chi connectivity index (χ1n) is 20.0. The van der Waals surface area contributed by atoms with E-state index in [1.165, 1.54) is 38.2 Å². The molecular weight excluding hydrogens is 705 g/mol. The zero-order valence-corrected chi connectivity index (χ0v) is 31.9. The van der Waals surface area contributed by atoms with Crippen molar-refractivity contribution >= 4 is 89.8 Å². The Morgan fingerprint density at radius 2 is 1.09 bits per heavy atom. The van der Waals surface area contributed by atoms with E-state index >= 15 is 0 Å². The van der Waals surface area contributed by atoms with Crippen LogP contribution in [0.4, 0.5) is 34.1 Å². The molecule has 1 aromatic heterocycles. The lowest BCUT2D eigenvalue weighted by atomic mass is 9.33. The highest BCUT2D eigenvalue weighted by molar-refractivity contribution is 7.00. The van der Waals surface area contributed by atoms with Gasteiger partial charge in [0.15, 0.2) is 0 Å². The summed E-state index contributed by atoms with van der Waals surface area (Å²) in [6.45, 7) is 2.12. The van der Waals surface area contributed by atoms with Gasteiger partial charge in [-0.2, -0.15) is 0 Å². The number of aryl methyl sites for hydroxylation is 1. The zero-order valence-electron chi connectivity index (χ0n) is 31.9. The molecule has 3 heterocycles. The average molecular weight is 742 g/mol. The van der Waals surface area contributed by atoms with E-state index in [-0.39, 0.29) is 6.71 Å². The molecule has 2 aliphatic rings. The molecule has 12 rings (SSSR count). The molecular formula is C53H36BN3O. The molecule has 0 radical (unpaired) electrons. The Morgan fingerprint density at radius 3 is 1.81 bits per heavy atom. The van der Waals surface area contributed by atoms with Crippen LogP contribution < -0.4 is 30.9 Å². The normalized spacial score (nSPS) is 12.6. The molecule has 0 spiro atoms. The highest BCUT2D eigenvalue weighted by Crippen LogP contribution is 2.45. The number of rotatable bonds is 5. The van der Waals surface area contributed by atoms with E-state index in [4.69, 9.17) is 4.74 Å². The van der Waals surface area contributed by atoms with Crippen molar-refractivity contribution in [3.63, 3.8) is 0 Å². The standard InChI is InChI=1S/C53H36BN3O/c1-35-30-49-53-51(31-35)58-50-33-44-43-28-27-41(55(37-17-6-2-7-18-37)38-19-8-3-9-20-38)32-47(43)57(40-23-12-5-13-24-40)48(44)34-45(50)54(53)52-42-25-15-14-16-36(42)26-29-46(52)56(49)39-21-10-4-11-22-39/h2-34H,1H3. The molecule has 5 heteroatoms. The van der Waals surface area contributed by atoms with Crippen LogP contribution in [0.1, 0.15) is 5.56 Å². The van der Waals surface area contributed by atoms with E-state index in [0.717, 1.165) is 67.6 Å². The average Bonchev–Trinajstić information content (AvgIpc) is 3.59. The van der Waals surface area contributed by atoms with Crippen molar-refractivity contribution < 1.29 is 4.74 Å². The molecule has 0 atom stereocenters. The third-order valence-corrected chi connectivity index (χ3v) is 12.0. The Morgan fingerprint density at radius 1 is 0.448 bits per heavy atom. The number of anilines is 6. The summed E-state index contributed by atoms with van der Waals surface area (Å²) in [6, 6.07) is 72.4. The van der Waals surface area contributed by atoms with Gasteiger partial charge in [-0.05, 0) is 131 Å². The van der Waals surface area contributed by atoms with Crippen molar-refractivity contribution in [2.45, 2.75) is 6.92 Å². The van der Waals surface area contributed by atoms with Crippen molar-refractivity contribution in [3.8, 4) is 17.2 Å². The van der Waals surface area contributed by atoms with Gasteiger partial charge in [-0.1, -0.05) is 109 Å². The summed E-state index contributed by atoms with van der Waals surface area (Å²) in [5.41, 5.74) is 15.0. The lowest BCUT2D eigenvalue weighted by Crippen LogP contribution is -2.59. The van der Waals surface area contributed by atoms with Crippen LogP contribution in [0.3, 0.4) is 0 Å². The van der Waals surface area contributed by atoms with Crippen LogP contribution >= 0.6 is 0 Å². The summed E-state index contributed by atoms with van der Waals surface area (Å²) >= 11 is 0. The fourth-order valence-corrected chi connectivity index (χ4v) is 9.60. The van der Waals surface area contributed by atoms with Gasteiger partial charge in [-0.15, -0.1) is 0 Å². The van der Waals surface area contributed by atoms with Crippen molar-refractivity contribution in [2.75, 3.05) is 9.80 Å². The van der Waals surface area contributed by atoms with Gasteiger partial charge >= 0.3 is 0 Å². The Balaban J connectivity index is 1.15. The van der Waals surface area contributed by atoms with Gasteiger partial charge in [0.2, 0.25) is 0 Å². The largest absolute Gasteiger partial charge is 0.458 e. The van der Waals surface area contributed by atoms with Gasteiger partial charge in [-0.25, -0.2) is 0 Å². The number of hydrogen-bond acceptors (Lipinski definition) is 3. The lowest BCUT2D eigenvalue weighted by molar-refractivity contribution is 0.488. The smallest absolute Gasteiger partial charge is 0.257 e. The van der Waals surface area contributed by atoms with Gasteiger partial charge in [0, 0.05) is 50.6 Å². The minimum atomic E-state index is -0.0516. The lowest BCUT2D eigenvalue weighted by Gasteiger charge is -2.41. The van der Waals surface area contributed by atoms with Crippen LogP contribution in [-0.4, -0.2) is 11.3 Å². The van der Waals surface area contributed by atoms with Gasteiger partial charge in [0.05, 0.1) is 11.0 Å². The molecule has 0 N–H and O–H groups in total. The number of aromatic nitrogens is 1. The maximum atomic E-state index is 7.12. The quantitative estimate of drug-likeness (QED) is 0.164. The van der Waals surface area contributed by atoms with Crippen LogP contribution in [0.2, 0.25) is 0 Å². The predicted molar refractivity (Wildman–Crippen MR) is 244 cm³/mol. The number of nitrogens with zero attached hydrogens (tertiary/aromatic N) is 3. The minimum absolute atomic E-state index is 0.0516. The summed E-state index contributed by atoms with van der Waals surface area (Å²) in [6.07, 6.45) is 0. The van der Waals surface area contributed by atoms with E-state index in [1.54, 1.807) is 0 Å². The molecule has 0 saturated heterocycles. The van der Waals surface area contributed by atoms with Crippen molar-refractivity contribution in [1.82, 2.24) is 4.57 Å². The van der Waals surface area contributed by atoms with Gasteiger partial charge in [-0.3, -0.25) is 0 Å². The second-order valence-electron chi connectivity index (χ2n) is 15.4. The second kappa shape index (κ2) is 12.8. The highest BCUT2D eigenvalue weighted by atomic mass is 16.5. The van der Waals surface area contributed by atoms with Crippen molar-refractivity contribution in [3.05, 3.63) is 206 Å². The molecule has 10 aromatic rings. The predicted octanol–water partition coefficient (Wildman–Crippen LogP) is 12.1. The molecule has 0 bridgehead atoms. The summed E-state index contributed by atoms with van der Waals surface area (Å²) in [4.78, 5) is 4.77. The SMILES string of the molecule is Cc1cc2c3c(c1)N(c1ccccc1)c1ccc4ccccc4c1B3c1cc3c(cc1O2)c1ccc(N(c2ccccc2)c2ccccc2)cc1n3-c1ccccc1. The van der Waals surface area contributed by atoms with E-state index in [0.29, 0.717) is 0 Å². The third kappa shape index (κ3) is 4.90. The van der Waals surface area contributed by atoms with Gasteiger partial charge in [0.25, 0.3) is 6.71 Å². The molecule has 0 saturated carbocycles. The van der Waals surface area contributed by atoms with Gasteiger partial charge in [0.1, 0.15) is 11.5 Å². The van der Waals surface area contributed by atoms with Crippen LogP contribution in [0.15, 0.2) is 200 Å². The van der Waals surface area contributed by atoms with Gasteiger partial charge < -0.3 is 19.1 Å². The molecule has 4 nitrogen and oxygen atoms in total. The third-order valence-electron chi connectivity index (χ3n) is 12.0. The zero-order chi connectivity index (χ0) is 38.3. The molecule has 0 amide bonds. The Kier molecular flexibility index (Phi) is 7.20. The van der Waals surface area contributed by atoms with Crippen LogP contribution in [-0.2, 0) is 0 Å². The first-order chi connectivity index (χ1) is 28.7. The maximum absolute atomic E-state index is 7.12. The molecule has 272 valence electrons. The highest BCUT2D eigenvalue weighted by Gasteiger charge is 2.43. The summed E-state index contributed by atoms with van der Waals surface area (Å²) in [7, 11) is 0. The Hall–Kier alpha value is -7.50. The van der Waals surface area contributed by atoms with E-state index in [2.05, 4.69) is 221 Å². The number of para-hydroxylation sites is 4. The fourth-order valence-electron chi connectivity index (χ4n) is 9.60. The first kappa shape index (κ1) is 32.7. The second-order valence-corrected chi connectivity index (χ2v) is 15.4. The monoisotopic (exact) mass is 741 g/mol. The summed E-state index contributed by atoms with van der Waals surface area (Å²) in [5, 5.41) is 4.82. The first-order valence-corrected chi connectivity index (χ1v) is 20.0. The number of hydrogen-bond donors (Lipinski definition) is 0. The summed E-state index contributed by atoms with van der Waals surface area (Å²) < 4.78 is 9.56. The van der Waals surface area contributed by atoms with Crippen LogP contribution in [0.25, 0.3) is 38.3 Å². The molecule has 0 unspecified atom stereocenters. The van der Waals surface area contributed by atoms with E-state index < -0.39 is 0 Å². The molecule has 2 aliphatic heterocycles. The molecule has 9 aromatic carbocycles. The van der Waals surface area contributed by atoms with Crippen LogP contribution in [0, 0.1) is 6.92 Å². The molecule has 0 fully saturated rings. The fraction of sp³-hybridized carbons (Fsp3) is 0.0189. The number of ether oxygens (including phenoxy) is 1. The summed E-state index contributed by atoms with van der Waals surface area (Å²) in [5.74, 6) is 1.82. The van der Waals surface area contributed by atoms with E-state index in [9.17, 15) is 0 Å². The van der Waals surface area contributed by atoms with E-state index in [1.807, 2.05) is 0 Å². The van der Waals surface area contributed by atoms with Crippen LogP contribution in [0.5, 0.6) is 11.5 Å². The topological polar surface area (TPSA) is 20.6 Å².